The number of carbonyl (C=O) groups excluding carboxylic acids is 2. The molecular formula is C29H37N3O3. The number of nitrogens with one attached hydrogen (secondary N) is 2. The van der Waals surface area contributed by atoms with E-state index >= 15 is 0 Å². The third-order valence-electron chi connectivity index (χ3n) is 5.78. The van der Waals surface area contributed by atoms with Gasteiger partial charge in [0, 0.05) is 36.3 Å². The Morgan fingerprint density at radius 3 is 2.43 bits per heavy atom. The van der Waals surface area contributed by atoms with Crippen LogP contribution in [0.1, 0.15) is 45.7 Å². The number of carbonyl (C=O) groups is 2. The molecule has 2 aromatic carbocycles. The molecule has 0 saturated carbocycles. The number of hydrogen-bond donors (Lipinski definition) is 2. The highest BCUT2D eigenvalue weighted by Gasteiger charge is 2.25. The van der Waals surface area contributed by atoms with Crippen molar-refractivity contribution in [1.82, 2.24) is 15.2 Å². The molecule has 3 rings (SSSR count). The van der Waals surface area contributed by atoms with E-state index < -0.39 is 11.7 Å². The number of fused-ring (bicyclic) bond motifs is 1. The molecule has 2 amide bonds. The molecule has 2 N–H and O–H groups in total. The average Bonchev–Trinajstić information content (AvgIpc) is 3.22. The van der Waals surface area contributed by atoms with Gasteiger partial charge in [0.05, 0.1) is 6.04 Å². The smallest absolute Gasteiger partial charge is 0.407 e. The third-order valence-corrected chi connectivity index (χ3v) is 5.78. The monoisotopic (exact) mass is 475 g/mol. The Morgan fingerprint density at radius 1 is 1.06 bits per heavy atom. The van der Waals surface area contributed by atoms with E-state index in [1.54, 1.807) is 6.08 Å². The summed E-state index contributed by atoms with van der Waals surface area (Å²) in [5.74, 6) is 0.0225. The Hall–Kier alpha value is -3.54. The van der Waals surface area contributed by atoms with Gasteiger partial charge in [0.1, 0.15) is 5.60 Å². The average molecular weight is 476 g/mol. The molecule has 0 spiro atoms. The maximum absolute atomic E-state index is 13.3. The van der Waals surface area contributed by atoms with Crippen molar-refractivity contribution in [3.8, 4) is 0 Å². The second kappa shape index (κ2) is 11.7. The highest BCUT2D eigenvalue weighted by molar-refractivity contribution is 5.92. The fraction of sp³-hybridized carbons (Fsp3) is 0.379. The summed E-state index contributed by atoms with van der Waals surface area (Å²) < 4.78 is 5.46. The van der Waals surface area contributed by atoms with Gasteiger partial charge in [-0.25, -0.2) is 4.79 Å². The van der Waals surface area contributed by atoms with Crippen molar-refractivity contribution in [3.05, 3.63) is 78.0 Å². The van der Waals surface area contributed by atoms with Crippen molar-refractivity contribution in [2.45, 2.75) is 52.7 Å². The van der Waals surface area contributed by atoms with Crippen LogP contribution in [0.3, 0.4) is 0 Å². The number of rotatable bonds is 9. The quantitative estimate of drug-likeness (QED) is 0.384. The molecule has 0 aliphatic carbocycles. The summed E-state index contributed by atoms with van der Waals surface area (Å²) in [7, 11) is 0. The standard InChI is InChI=1S/C29H37N3O3/c1-21(2)26(31-28(34)35-29(3,4)5)20-32(27(33)16-15-22-11-7-6-8-12-22)18-17-23-19-30-25-14-10-9-13-24(23)25/h6-16,19,21,26,30H,17-18,20H2,1-5H3,(H,31,34)/b16-15+/t26-/m1/s1. The number of ether oxygens (including phenoxy) is 1. The van der Waals surface area contributed by atoms with Crippen LogP contribution in [-0.2, 0) is 16.0 Å². The van der Waals surface area contributed by atoms with E-state index in [0.29, 0.717) is 19.5 Å². The minimum atomic E-state index is -0.588. The number of aromatic nitrogens is 1. The maximum atomic E-state index is 13.3. The molecule has 0 fully saturated rings. The summed E-state index contributed by atoms with van der Waals surface area (Å²) in [6.07, 6.45) is 5.67. The Bertz CT molecular complexity index is 1140. The SMILES string of the molecule is CC(C)[C@@H](CN(CCc1c[nH]c2ccccc12)C(=O)/C=C/c1ccccc1)NC(=O)OC(C)(C)C. The lowest BCUT2D eigenvalue weighted by Crippen LogP contribution is -2.49. The minimum absolute atomic E-state index is 0.0923. The van der Waals surface area contributed by atoms with Gasteiger partial charge in [-0.15, -0.1) is 0 Å². The number of benzene rings is 2. The van der Waals surface area contributed by atoms with Crippen LogP contribution in [0.25, 0.3) is 17.0 Å². The molecule has 1 heterocycles. The highest BCUT2D eigenvalue weighted by atomic mass is 16.6. The summed E-state index contributed by atoms with van der Waals surface area (Å²) >= 11 is 0. The number of hydrogen-bond acceptors (Lipinski definition) is 3. The fourth-order valence-electron chi connectivity index (χ4n) is 3.84. The number of amides is 2. The molecule has 0 aliphatic heterocycles. The fourth-order valence-corrected chi connectivity index (χ4v) is 3.84. The zero-order chi connectivity index (χ0) is 25.4. The van der Waals surface area contributed by atoms with Crippen LogP contribution in [0, 0.1) is 5.92 Å². The van der Waals surface area contributed by atoms with E-state index in [1.165, 1.54) is 0 Å². The predicted octanol–water partition coefficient (Wildman–Crippen LogP) is 5.80. The molecule has 6 nitrogen and oxygen atoms in total. The Labute approximate surface area is 208 Å². The van der Waals surface area contributed by atoms with Crippen LogP contribution < -0.4 is 5.32 Å². The molecule has 0 aliphatic rings. The topological polar surface area (TPSA) is 74.4 Å². The van der Waals surface area contributed by atoms with Gasteiger partial charge in [-0.1, -0.05) is 62.4 Å². The second-order valence-corrected chi connectivity index (χ2v) is 10.1. The first-order chi connectivity index (χ1) is 16.6. The van der Waals surface area contributed by atoms with Crippen LogP contribution in [0.2, 0.25) is 0 Å². The van der Waals surface area contributed by atoms with E-state index in [2.05, 4.69) is 16.4 Å². The number of aromatic amines is 1. The zero-order valence-electron chi connectivity index (χ0n) is 21.4. The van der Waals surface area contributed by atoms with Crippen molar-refractivity contribution in [2.24, 2.45) is 5.92 Å². The van der Waals surface area contributed by atoms with Gasteiger partial charge in [-0.3, -0.25) is 4.79 Å². The molecule has 0 unspecified atom stereocenters. The lowest BCUT2D eigenvalue weighted by Gasteiger charge is -2.31. The van der Waals surface area contributed by atoms with Crippen molar-refractivity contribution >= 4 is 29.0 Å². The summed E-state index contributed by atoms with van der Waals surface area (Å²) in [6.45, 7) is 10.5. The molecule has 186 valence electrons. The Balaban J connectivity index is 1.77. The summed E-state index contributed by atoms with van der Waals surface area (Å²) in [4.78, 5) is 30.9. The summed E-state index contributed by atoms with van der Waals surface area (Å²) in [5.41, 5.74) is 2.61. The van der Waals surface area contributed by atoms with Crippen LogP contribution in [-0.4, -0.2) is 46.6 Å². The molecule has 35 heavy (non-hydrogen) atoms. The van der Waals surface area contributed by atoms with Crippen LogP contribution in [0.5, 0.6) is 0 Å². The molecule has 0 bridgehead atoms. The Kier molecular flexibility index (Phi) is 8.74. The number of nitrogens with zero attached hydrogens (tertiary/aromatic N) is 1. The van der Waals surface area contributed by atoms with Gasteiger partial charge in [-0.05, 0) is 56.4 Å². The third kappa shape index (κ3) is 8.02. The van der Waals surface area contributed by atoms with Crippen LogP contribution >= 0.6 is 0 Å². The first-order valence-corrected chi connectivity index (χ1v) is 12.2. The van der Waals surface area contributed by atoms with Crippen LogP contribution in [0.4, 0.5) is 4.79 Å². The first-order valence-electron chi connectivity index (χ1n) is 12.2. The van der Waals surface area contributed by atoms with E-state index in [-0.39, 0.29) is 17.9 Å². The molecule has 0 saturated heterocycles. The van der Waals surface area contributed by atoms with Gasteiger partial charge < -0.3 is 19.9 Å². The maximum Gasteiger partial charge on any atom is 0.407 e. The van der Waals surface area contributed by atoms with E-state index in [0.717, 1.165) is 22.0 Å². The predicted molar refractivity (Wildman–Crippen MR) is 142 cm³/mol. The van der Waals surface area contributed by atoms with Gasteiger partial charge in [0.25, 0.3) is 0 Å². The van der Waals surface area contributed by atoms with Crippen molar-refractivity contribution in [3.63, 3.8) is 0 Å². The van der Waals surface area contributed by atoms with E-state index in [1.807, 2.05) is 100 Å². The molecule has 6 heteroatoms. The van der Waals surface area contributed by atoms with Crippen LogP contribution in [0.15, 0.2) is 66.9 Å². The summed E-state index contributed by atoms with van der Waals surface area (Å²) in [5, 5.41) is 4.13. The van der Waals surface area contributed by atoms with E-state index in [4.69, 9.17) is 4.74 Å². The zero-order valence-corrected chi connectivity index (χ0v) is 21.4. The Morgan fingerprint density at radius 2 is 1.74 bits per heavy atom. The van der Waals surface area contributed by atoms with Gasteiger partial charge in [-0.2, -0.15) is 0 Å². The number of para-hydroxylation sites is 1. The number of alkyl carbamates (subject to hydrolysis) is 1. The second-order valence-electron chi connectivity index (χ2n) is 10.1. The van der Waals surface area contributed by atoms with Crippen molar-refractivity contribution in [2.75, 3.05) is 13.1 Å². The highest BCUT2D eigenvalue weighted by Crippen LogP contribution is 2.19. The molecule has 0 radical (unpaired) electrons. The molecule has 3 aromatic rings. The molecule has 1 aromatic heterocycles. The van der Waals surface area contributed by atoms with E-state index in [9.17, 15) is 9.59 Å². The van der Waals surface area contributed by atoms with Crippen molar-refractivity contribution in [1.29, 1.82) is 0 Å². The minimum Gasteiger partial charge on any atom is -0.444 e. The largest absolute Gasteiger partial charge is 0.444 e. The normalized spacial score (nSPS) is 12.7. The first kappa shape index (κ1) is 26.1. The van der Waals surface area contributed by atoms with Gasteiger partial charge in [0.2, 0.25) is 5.91 Å². The number of H-pyrrole nitrogens is 1. The lowest BCUT2D eigenvalue weighted by atomic mass is 10.0. The molecular weight excluding hydrogens is 438 g/mol. The molecule has 1 atom stereocenters. The summed E-state index contributed by atoms with van der Waals surface area (Å²) in [6, 6.07) is 17.7. The van der Waals surface area contributed by atoms with Gasteiger partial charge in [0.15, 0.2) is 0 Å². The van der Waals surface area contributed by atoms with Crippen molar-refractivity contribution < 1.29 is 14.3 Å². The van der Waals surface area contributed by atoms with Gasteiger partial charge >= 0.3 is 6.09 Å². The lowest BCUT2D eigenvalue weighted by molar-refractivity contribution is -0.126.